The fraction of sp³-hybridized carbons (Fsp3) is 0.417. The Bertz CT molecular complexity index is 1130. The molecule has 0 radical (unpaired) electrons. The number of ether oxygens (including phenoxy) is 1. The van der Waals surface area contributed by atoms with E-state index in [0.717, 1.165) is 35.4 Å². The predicted molar refractivity (Wildman–Crippen MR) is 130 cm³/mol. The van der Waals surface area contributed by atoms with E-state index in [1.807, 2.05) is 60.4 Å². The summed E-state index contributed by atoms with van der Waals surface area (Å²) >= 11 is 1.39. The summed E-state index contributed by atoms with van der Waals surface area (Å²) < 4.78 is 30.4. The van der Waals surface area contributed by atoms with E-state index in [2.05, 4.69) is 11.9 Å². The number of unbranched alkanes of at least 4 members (excludes halogenated alkanes) is 1. The molecule has 2 atom stereocenters. The third-order valence-corrected chi connectivity index (χ3v) is 8.80. The van der Waals surface area contributed by atoms with Gasteiger partial charge in [0, 0.05) is 17.0 Å². The molecule has 1 amide bonds. The van der Waals surface area contributed by atoms with Crippen LogP contribution in [0.4, 0.5) is 5.69 Å². The van der Waals surface area contributed by atoms with Crippen LogP contribution in [0.3, 0.4) is 0 Å². The first-order chi connectivity index (χ1) is 15.3. The van der Waals surface area contributed by atoms with Gasteiger partial charge in [-0.15, -0.1) is 0 Å². The number of fused-ring (bicyclic) bond motifs is 1. The molecule has 0 N–H and O–H groups in total. The minimum atomic E-state index is -3.11. The lowest BCUT2D eigenvalue weighted by Crippen LogP contribution is -2.37. The first-order valence-corrected chi connectivity index (χ1v) is 13.6. The molecule has 32 heavy (non-hydrogen) atoms. The maximum Gasteiger partial charge on any atom is 0.252 e. The first-order valence-electron chi connectivity index (χ1n) is 10.9. The highest BCUT2D eigenvalue weighted by molar-refractivity contribution is 8.16. The van der Waals surface area contributed by atoms with Crippen molar-refractivity contribution in [2.45, 2.75) is 44.4 Å². The van der Waals surface area contributed by atoms with Crippen molar-refractivity contribution in [2.75, 3.05) is 23.0 Å². The molecule has 2 saturated heterocycles. The average Bonchev–Trinajstić information content (AvgIpc) is 3.19. The average molecular weight is 473 g/mol. The zero-order valence-electron chi connectivity index (χ0n) is 18.4. The van der Waals surface area contributed by atoms with Crippen molar-refractivity contribution in [1.82, 2.24) is 0 Å². The van der Waals surface area contributed by atoms with E-state index in [1.165, 1.54) is 11.8 Å². The van der Waals surface area contributed by atoms with Gasteiger partial charge in [0.15, 0.2) is 15.0 Å². The molecule has 2 aromatic rings. The highest BCUT2D eigenvalue weighted by Crippen LogP contribution is 2.41. The van der Waals surface area contributed by atoms with Crippen molar-refractivity contribution < 1.29 is 17.9 Å². The molecule has 2 aliphatic heterocycles. The Morgan fingerprint density at radius 2 is 2.00 bits per heavy atom. The number of hydrogen-bond donors (Lipinski definition) is 0. The van der Waals surface area contributed by atoms with E-state index in [1.54, 1.807) is 0 Å². The Morgan fingerprint density at radius 3 is 2.78 bits per heavy atom. The molecule has 2 fully saturated rings. The van der Waals surface area contributed by atoms with Crippen molar-refractivity contribution in [3.8, 4) is 5.75 Å². The van der Waals surface area contributed by atoms with Crippen LogP contribution >= 0.6 is 11.8 Å². The van der Waals surface area contributed by atoms with Gasteiger partial charge in [-0.1, -0.05) is 61.0 Å². The van der Waals surface area contributed by atoms with Crippen molar-refractivity contribution in [3.63, 3.8) is 0 Å². The molecule has 4 rings (SSSR count). The summed E-state index contributed by atoms with van der Waals surface area (Å²) in [6.45, 7) is 4.73. The van der Waals surface area contributed by atoms with Crippen LogP contribution in [0.5, 0.6) is 5.75 Å². The van der Waals surface area contributed by atoms with Gasteiger partial charge >= 0.3 is 0 Å². The third-order valence-electron chi connectivity index (χ3n) is 5.59. The van der Waals surface area contributed by atoms with Gasteiger partial charge in [-0.2, -0.15) is 4.99 Å². The minimum absolute atomic E-state index is 0.0661. The lowest BCUT2D eigenvalue weighted by atomic mass is 10.1. The summed E-state index contributed by atoms with van der Waals surface area (Å²) in [5.41, 5.74) is 2.82. The van der Waals surface area contributed by atoms with Crippen LogP contribution in [0.2, 0.25) is 0 Å². The maximum atomic E-state index is 12.8. The van der Waals surface area contributed by atoms with E-state index in [4.69, 9.17) is 4.74 Å². The van der Waals surface area contributed by atoms with Crippen LogP contribution in [0, 0.1) is 6.92 Å². The molecule has 2 aromatic carbocycles. The summed E-state index contributed by atoms with van der Waals surface area (Å²) in [5, 5.41) is 0.438. The molecule has 2 aliphatic rings. The molecular formula is C24H28N2O4S2. The summed E-state index contributed by atoms with van der Waals surface area (Å²) in [4.78, 5) is 19.1. The smallest absolute Gasteiger partial charge is 0.252 e. The second kappa shape index (κ2) is 9.67. The van der Waals surface area contributed by atoms with Gasteiger partial charge < -0.3 is 9.64 Å². The van der Waals surface area contributed by atoms with Gasteiger partial charge in [0.05, 0.1) is 30.6 Å². The number of amidine groups is 1. The number of rotatable bonds is 7. The lowest BCUT2D eigenvalue weighted by molar-refractivity contribution is -0.117. The number of aliphatic imine (C=N–C) groups is 1. The molecule has 0 aromatic heterocycles. The predicted octanol–water partition coefficient (Wildman–Crippen LogP) is 4.02. The first kappa shape index (κ1) is 22.9. The van der Waals surface area contributed by atoms with E-state index in [0.29, 0.717) is 11.8 Å². The van der Waals surface area contributed by atoms with E-state index in [9.17, 15) is 13.2 Å². The monoisotopic (exact) mass is 472 g/mol. The third kappa shape index (κ3) is 5.35. The largest absolute Gasteiger partial charge is 0.494 e. The second-order valence-corrected chi connectivity index (χ2v) is 11.7. The van der Waals surface area contributed by atoms with Gasteiger partial charge in [0.25, 0.3) is 5.91 Å². The normalized spacial score (nSPS) is 22.8. The standard InChI is InChI=1S/C24H28N2O4S2/c1-3-4-11-30-20-10-6-9-19(14-20)26-21-15-32(28,29)16-22(21)31-24(26)25-23(27)13-18-8-5-7-17(2)12-18/h5-10,12,14,21-22H,3-4,11,13,15-16H2,1-2H3/t21-,22-/m0/s1. The molecule has 0 unspecified atom stereocenters. The molecule has 170 valence electrons. The molecule has 6 nitrogen and oxygen atoms in total. The SMILES string of the molecule is CCCCOc1cccc(N2C(=NC(=O)Cc3cccc(C)c3)S[C@H]3CS(=O)(=O)C[C@@H]32)c1. The summed E-state index contributed by atoms with van der Waals surface area (Å²) in [5.74, 6) is 0.671. The summed E-state index contributed by atoms with van der Waals surface area (Å²) in [6.07, 6.45) is 2.23. The number of anilines is 1. The highest BCUT2D eigenvalue weighted by Gasteiger charge is 2.49. The summed E-state index contributed by atoms with van der Waals surface area (Å²) in [7, 11) is -3.11. The number of benzene rings is 2. The van der Waals surface area contributed by atoms with Gasteiger partial charge in [-0.05, 0) is 31.0 Å². The van der Waals surface area contributed by atoms with E-state index in [-0.39, 0.29) is 35.1 Å². The van der Waals surface area contributed by atoms with E-state index >= 15 is 0 Å². The fourth-order valence-electron chi connectivity index (χ4n) is 4.07. The lowest BCUT2D eigenvalue weighted by Gasteiger charge is -2.25. The van der Waals surface area contributed by atoms with Crippen LogP contribution in [0.15, 0.2) is 53.5 Å². The minimum Gasteiger partial charge on any atom is -0.494 e. The maximum absolute atomic E-state index is 12.8. The molecular weight excluding hydrogens is 444 g/mol. The number of amides is 1. The van der Waals surface area contributed by atoms with Gasteiger partial charge in [-0.25, -0.2) is 8.42 Å². The molecule has 0 aliphatic carbocycles. The zero-order chi connectivity index (χ0) is 22.7. The Kier molecular flexibility index (Phi) is 6.90. The molecule has 0 spiro atoms. The number of carbonyl (C=O) groups is 1. The van der Waals surface area contributed by atoms with Crippen LogP contribution in [0.25, 0.3) is 0 Å². The van der Waals surface area contributed by atoms with Crippen molar-refractivity contribution >= 4 is 38.4 Å². The number of hydrogen-bond acceptors (Lipinski definition) is 5. The Hall–Kier alpha value is -2.32. The topological polar surface area (TPSA) is 76.0 Å². The van der Waals surface area contributed by atoms with Gasteiger partial charge in [0.2, 0.25) is 0 Å². The Balaban J connectivity index is 1.61. The number of thioether (sulfide) groups is 1. The molecule has 0 saturated carbocycles. The highest BCUT2D eigenvalue weighted by atomic mass is 32.2. The van der Waals surface area contributed by atoms with Crippen molar-refractivity contribution in [1.29, 1.82) is 0 Å². The Labute approximate surface area is 194 Å². The Morgan fingerprint density at radius 1 is 1.19 bits per heavy atom. The number of aryl methyl sites for hydroxylation is 1. The van der Waals surface area contributed by atoms with Crippen LogP contribution in [-0.2, 0) is 21.1 Å². The molecule has 8 heteroatoms. The fourth-order valence-corrected chi connectivity index (χ4v) is 8.00. The number of carbonyl (C=O) groups excluding carboxylic acids is 1. The number of nitrogens with zero attached hydrogens (tertiary/aromatic N) is 2. The van der Waals surface area contributed by atoms with E-state index < -0.39 is 9.84 Å². The van der Waals surface area contributed by atoms with Crippen LogP contribution < -0.4 is 9.64 Å². The van der Waals surface area contributed by atoms with Crippen molar-refractivity contribution in [2.24, 2.45) is 4.99 Å². The molecule has 2 heterocycles. The van der Waals surface area contributed by atoms with Gasteiger partial charge in [0.1, 0.15) is 5.75 Å². The van der Waals surface area contributed by atoms with Crippen LogP contribution in [0.1, 0.15) is 30.9 Å². The van der Waals surface area contributed by atoms with Crippen molar-refractivity contribution in [3.05, 3.63) is 59.7 Å². The van der Waals surface area contributed by atoms with Gasteiger partial charge in [-0.3, -0.25) is 4.79 Å². The molecule has 0 bridgehead atoms. The second-order valence-electron chi connectivity index (χ2n) is 8.32. The number of sulfone groups is 1. The van der Waals surface area contributed by atoms with Crippen LogP contribution in [-0.4, -0.2) is 48.9 Å². The quantitative estimate of drug-likeness (QED) is 0.567. The summed E-state index contributed by atoms with van der Waals surface area (Å²) in [6, 6.07) is 15.2. The zero-order valence-corrected chi connectivity index (χ0v) is 20.0.